The molecule has 0 unspecified atom stereocenters. The zero-order chi connectivity index (χ0) is 14.2. The van der Waals surface area contributed by atoms with Gasteiger partial charge in [-0.05, 0) is 54.7 Å². The van der Waals surface area contributed by atoms with Crippen LogP contribution in [-0.4, -0.2) is 14.7 Å². The maximum Gasteiger partial charge on any atom is 0.185 e. The van der Waals surface area contributed by atoms with Crippen molar-refractivity contribution in [1.29, 1.82) is 0 Å². The molecule has 1 aromatic carbocycles. The number of sulfone groups is 1. The van der Waals surface area contributed by atoms with Crippen LogP contribution in [0.3, 0.4) is 0 Å². The first-order valence-corrected chi connectivity index (χ1v) is 8.12. The van der Waals surface area contributed by atoms with Crippen molar-refractivity contribution in [1.82, 2.24) is 0 Å². The number of aldehydes is 1. The van der Waals surface area contributed by atoms with Crippen LogP contribution in [0.2, 0.25) is 0 Å². The summed E-state index contributed by atoms with van der Waals surface area (Å²) in [5.74, 6) is 0.205. The minimum absolute atomic E-state index is 0.143. The topological polar surface area (TPSA) is 64.3 Å². The Hall–Kier alpha value is -1.88. The minimum Gasteiger partial charge on any atom is -0.457 e. The maximum absolute atomic E-state index is 12.4. The lowest BCUT2D eigenvalue weighted by molar-refractivity contribution is 0.109. The van der Waals surface area contributed by atoms with Crippen LogP contribution in [0.1, 0.15) is 33.9 Å². The number of benzene rings is 1. The summed E-state index contributed by atoms with van der Waals surface area (Å²) in [6.07, 6.45) is 3.61. The average Bonchev–Trinajstić information content (AvgIpc) is 3.05. The summed E-state index contributed by atoms with van der Waals surface area (Å²) in [5.41, 5.74) is 2.37. The second-order valence-electron chi connectivity index (χ2n) is 4.97. The number of aryl methyl sites for hydroxylation is 2. The van der Waals surface area contributed by atoms with Gasteiger partial charge < -0.3 is 4.42 Å². The predicted molar refractivity (Wildman–Crippen MR) is 73.5 cm³/mol. The Balaban J connectivity index is 1.89. The van der Waals surface area contributed by atoms with Crippen molar-refractivity contribution < 1.29 is 17.6 Å². The summed E-state index contributed by atoms with van der Waals surface area (Å²) in [4.78, 5) is 10.9. The normalized spacial score (nSPS) is 14.2. The van der Waals surface area contributed by atoms with Crippen LogP contribution >= 0.6 is 0 Å². The summed E-state index contributed by atoms with van der Waals surface area (Å²) >= 11 is 0. The quantitative estimate of drug-likeness (QED) is 0.812. The molecule has 0 radical (unpaired) electrons. The van der Waals surface area contributed by atoms with Crippen LogP contribution in [-0.2, 0) is 28.4 Å². The van der Waals surface area contributed by atoms with Crippen LogP contribution in [0.4, 0.5) is 0 Å². The van der Waals surface area contributed by atoms with Crippen LogP contribution in [0.5, 0.6) is 0 Å². The molecule has 0 saturated carbocycles. The molecule has 0 fully saturated rings. The van der Waals surface area contributed by atoms with Gasteiger partial charge in [0.15, 0.2) is 21.9 Å². The molecule has 0 saturated heterocycles. The van der Waals surface area contributed by atoms with E-state index in [0.29, 0.717) is 11.2 Å². The SMILES string of the molecule is O=Cc1ccc(CS(=O)(=O)c2ccc3c(c2)CCC3)o1. The van der Waals surface area contributed by atoms with E-state index >= 15 is 0 Å². The Labute approximate surface area is 117 Å². The highest BCUT2D eigenvalue weighted by Crippen LogP contribution is 2.26. The lowest BCUT2D eigenvalue weighted by atomic mass is 10.1. The van der Waals surface area contributed by atoms with E-state index < -0.39 is 9.84 Å². The Morgan fingerprint density at radius 2 is 1.90 bits per heavy atom. The molecule has 104 valence electrons. The molecular weight excluding hydrogens is 276 g/mol. The van der Waals surface area contributed by atoms with Gasteiger partial charge in [0, 0.05) is 0 Å². The molecule has 1 aliphatic rings. The van der Waals surface area contributed by atoms with Gasteiger partial charge in [-0.1, -0.05) is 6.07 Å². The number of hydrogen-bond donors (Lipinski definition) is 0. The summed E-state index contributed by atoms with van der Waals surface area (Å²) in [7, 11) is -3.44. The van der Waals surface area contributed by atoms with Crippen molar-refractivity contribution in [2.24, 2.45) is 0 Å². The van der Waals surface area contributed by atoms with E-state index in [2.05, 4.69) is 0 Å². The lowest BCUT2D eigenvalue weighted by Crippen LogP contribution is -2.05. The van der Waals surface area contributed by atoms with E-state index in [1.54, 1.807) is 12.1 Å². The standard InChI is InChI=1S/C15H14O4S/c16-9-13-5-6-14(19-13)10-20(17,18)15-7-4-11-2-1-3-12(11)8-15/h4-9H,1-3,10H2. The van der Waals surface area contributed by atoms with Crippen LogP contribution in [0.25, 0.3) is 0 Å². The molecule has 2 aromatic rings. The van der Waals surface area contributed by atoms with Crippen LogP contribution in [0.15, 0.2) is 39.6 Å². The highest BCUT2D eigenvalue weighted by atomic mass is 32.2. The molecule has 0 bridgehead atoms. The third-order valence-electron chi connectivity index (χ3n) is 3.56. The van der Waals surface area contributed by atoms with Crippen molar-refractivity contribution in [3.63, 3.8) is 0 Å². The third-order valence-corrected chi connectivity index (χ3v) is 5.20. The van der Waals surface area contributed by atoms with Gasteiger partial charge in [-0.25, -0.2) is 8.42 Å². The van der Waals surface area contributed by atoms with Crippen molar-refractivity contribution in [3.05, 3.63) is 53.0 Å². The molecule has 0 atom stereocenters. The predicted octanol–water partition coefficient (Wildman–Crippen LogP) is 2.55. The zero-order valence-corrected chi connectivity index (χ0v) is 11.7. The largest absolute Gasteiger partial charge is 0.457 e. The summed E-state index contributed by atoms with van der Waals surface area (Å²) < 4.78 is 29.8. The number of furan rings is 1. The minimum atomic E-state index is -3.44. The highest BCUT2D eigenvalue weighted by molar-refractivity contribution is 7.90. The van der Waals surface area contributed by atoms with Gasteiger partial charge in [0.1, 0.15) is 11.5 Å². The summed E-state index contributed by atoms with van der Waals surface area (Å²) in [6.45, 7) is 0. The van der Waals surface area contributed by atoms with Crippen LogP contribution < -0.4 is 0 Å². The molecule has 1 heterocycles. The molecule has 0 aliphatic heterocycles. The molecule has 1 aromatic heterocycles. The van der Waals surface area contributed by atoms with Gasteiger partial charge >= 0.3 is 0 Å². The van der Waals surface area contributed by atoms with E-state index in [9.17, 15) is 13.2 Å². The van der Waals surface area contributed by atoms with E-state index in [1.165, 1.54) is 17.7 Å². The first-order chi connectivity index (χ1) is 9.58. The molecule has 0 N–H and O–H groups in total. The summed E-state index contributed by atoms with van der Waals surface area (Å²) in [6, 6.07) is 8.31. The Morgan fingerprint density at radius 3 is 2.65 bits per heavy atom. The van der Waals surface area contributed by atoms with Crippen molar-refractivity contribution in [3.8, 4) is 0 Å². The fourth-order valence-electron chi connectivity index (χ4n) is 2.55. The first kappa shape index (κ1) is 13.1. The van der Waals surface area contributed by atoms with Crippen molar-refractivity contribution in [2.45, 2.75) is 29.9 Å². The first-order valence-electron chi connectivity index (χ1n) is 6.47. The second-order valence-corrected chi connectivity index (χ2v) is 6.95. The Bertz CT molecular complexity index is 756. The monoisotopic (exact) mass is 290 g/mol. The molecule has 4 nitrogen and oxygen atoms in total. The second kappa shape index (κ2) is 4.90. The van der Waals surface area contributed by atoms with E-state index in [-0.39, 0.29) is 17.3 Å². The smallest absolute Gasteiger partial charge is 0.185 e. The van der Waals surface area contributed by atoms with Gasteiger partial charge in [-0.15, -0.1) is 0 Å². The molecule has 3 rings (SSSR count). The average molecular weight is 290 g/mol. The van der Waals surface area contributed by atoms with Gasteiger partial charge in [0.05, 0.1) is 4.90 Å². The molecule has 5 heteroatoms. The van der Waals surface area contributed by atoms with Crippen LogP contribution in [0, 0.1) is 0 Å². The number of fused-ring (bicyclic) bond motifs is 1. The number of rotatable bonds is 4. The number of carbonyl (C=O) groups is 1. The fourth-order valence-corrected chi connectivity index (χ4v) is 3.84. The third kappa shape index (κ3) is 2.41. The fraction of sp³-hybridized carbons (Fsp3) is 0.267. The highest BCUT2D eigenvalue weighted by Gasteiger charge is 2.20. The Kier molecular flexibility index (Phi) is 3.22. The van der Waals surface area contributed by atoms with Gasteiger partial charge in [0.25, 0.3) is 0 Å². The van der Waals surface area contributed by atoms with E-state index in [4.69, 9.17) is 4.42 Å². The number of hydrogen-bond acceptors (Lipinski definition) is 4. The van der Waals surface area contributed by atoms with Crippen molar-refractivity contribution >= 4 is 16.1 Å². The summed E-state index contributed by atoms with van der Waals surface area (Å²) in [5, 5.41) is 0. The van der Waals surface area contributed by atoms with E-state index in [1.807, 2.05) is 6.07 Å². The molecule has 20 heavy (non-hydrogen) atoms. The Morgan fingerprint density at radius 1 is 1.10 bits per heavy atom. The molecule has 0 spiro atoms. The zero-order valence-electron chi connectivity index (χ0n) is 10.8. The molecule has 1 aliphatic carbocycles. The van der Waals surface area contributed by atoms with Crippen molar-refractivity contribution in [2.75, 3.05) is 0 Å². The van der Waals surface area contributed by atoms with Gasteiger partial charge in [0.2, 0.25) is 0 Å². The molecule has 0 amide bonds. The molecular formula is C15H14O4S. The van der Waals surface area contributed by atoms with Gasteiger partial charge in [-0.3, -0.25) is 4.79 Å². The van der Waals surface area contributed by atoms with E-state index in [0.717, 1.165) is 24.8 Å². The number of carbonyl (C=O) groups excluding carboxylic acids is 1. The maximum atomic E-state index is 12.4. The lowest BCUT2D eigenvalue weighted by Gasteiger charge is -2.05. The van der Waals surface area contributed by atoms with Gasteiger partial charge in [-0.2, -0.15) is 0 Å².